The lowest BCUT2D eigenvalue weighted by atomic mass is 9.78. The van der Waals surface area contributed by atoms with Crippen LogP contribution in [0.4, 0.5) is 0 Å². The molecule has 2 heterocycles. The van der Waals surface area contributed by atoms with Gasteiger partial charge in [0, 0.05) is 30.1 Å². The average Bonchev–Trinajstić information content (AvgIpc) is 3.29. The van der Waals surface area contributed by atoms with E-state index in [4.69, 9.17) is 11.6 Å². The molecule has 0 unspecified atom stereocenters. The van der Waals surface area contributed by atoms with Crippen LogP contribution in [0.3, 0.4) is 0 Å². The Hall–Kier alpha value is -2.15. The molecule has 0 aliphatic heterocycles. The molecule has 2 N–H and O–H groups in total. The normalized spacial score (nSPS) is 22.5. The van der Waals surface area contributed by atoms with Crippen molar-refractivity contribution in [3.63, 3.8) is 0 Å². The third-order valence-corrected chi connectivity index (χ3v) is 5.23. The number of hydrogen-bond acceptors (Lipinski definition) is 4. The molecule has 2 aliphatic carbocycles. The van der Waals surface area contributed by atoms with E-state index < -0.39 is 0 Å². The summed E-state index contributed by atoms with van der Waals surface area (Å²) in [6.07, 6.45) is 5.48. The first kappa shape index (κ1) is 16.3. The van der Waals surface area contributed by atoms with Gasteiger partial charge < -0.3 is 10.3 Å². The van der Waals surface area contributed by atoms with Crippen LogP contribution in [-0.4, -0.2) is 31.7 Å². The molecule has 0 spiro atoms. The zero-order valence-corrected chi connectivity index (χ0v) is 14.7. The zero-order valence-electron chi connectivity index (χ0n) is 14.0. The van der Waals surface area contributed by atoms with Crippen LogP contribution in [0.1, 0.15) is 54.7 Å². The molecule has 2 aromatic heterocycles. The average molecular weight is 362 g/mol. The molecule has 0 radical (unpaired) electrons. The summed E-state index contributed by atoms with van der Waals surface area (Å²) < 4.78 is 1.54. The quantitative estimate of drug-likeness (QED) is 0.850. The Morgan fingerprint density at radius 2 is 2.16 bits per heavy atom. The highest BCUT2D eigenvalue weighted by atomic mass is 35.5. The molecular formula is C17H20ClN5O2. The van der Waals surface area contributed by atoms with Crippen molar-refractivity contribution in [2.24, 2.45) is 0 Å². The fourth-order valence-corrected chi connectivity index (χ4v) is 3.38. The maximum atomic E-state index is 12.1. The third kappa shape index (κ3) is 3.61. The first-order valence-corrected chi connectivity index (χ1v) is 8.96. The zero-order chi connectivity index (χ0) is 17.6. The van der Waals surface area contributed by atoms with Crippen LogP contribution in [0.5, 0.6) is 0 Å². The second kappa shape index (κ2) is 6.29. The molecule has 8 heteroatoms. The summed E-state index contributed by atoms with van der Waals surface area (Å²) in [7, 11) is 0. The molecule has 2 fully saturated rings. The number of halogens is 1. The maximum absolute atomic E-state index is 12.1. The monoisotopic (exact) mass is 361 g/mol. The first-order chi connectivity index (χ1) is 12.0. The Kier molecular flexibility index (Phi) is 4.11. The van der Waals surface area contributed by atoms with Crippen molar-refractivity contribution < 1.29 is 4.79 Å². The van der Waals surface area contributed by atoms with Crippen LogP contribution in [0.2, 0.25) is 5.02 Å². The van der Waals surface area contributed by atoms with Gasteiger partial charge in [-0.15, -0.1) is 0 Å². The van der Waals surface area contributed by atoms with Crippen molar-refractivity contribution in [3.05, 3.63) is 44.9 Å². The minimum Gasteiger partial charge on any atom is -0.352 e. The van der Waals surface area contributed by atoms with Crippen LogP contribution in [0.25, 0.3) is 0 Å². The molecule has 0 bridgehead atoms. The van der Waals surface area contributed by atoms with E-state index in [2.05, 4.69) is 20.4 Å². The molecule has 0 atom stereocenters. The minimum atomic E-state index is -0.0832. The van der Waals surface area contributed by atoms with Crippen molar-refractivity contribution in [1.29, 1.82) is 0 Å². The first-order valence-electron chi connectivity index (χ1n) is 8.58. The van der Waals surface area contributed by atoms with Crippen LogP contribution in [0.15, 0.2) is 17.1 Å². The predicted molar refractivity (Wildman–Crippen MR) is 92.7 cm³/mol. The van der Waals surface area contributed by atoms with E-state index in [1.54, 1.807) is 23.9 Å². The molecule has 2 saturated carbocycles. The van der Waals surface area contributed by atoms with Gasteiger partial charge in [-0.1, -0.05) is 11.6 Å². The number of carbonyl (C=O) groups is 1. The fourth-order valence-electron chi connectivity index (χ4n) is 3.23. The van der Waals surface area contributed by atoms with E-state index >= 15 is 0 Å². The SMILES string of the molecule is Cc1nn(CC(=O)NC2CC(c3cc(=O)[nH]c(C4CC4)n3)C2)cc1Cl. The summed E-state index contributed by atoms with van der Waals surface area (Å²) in [6.45, 7) is 1.96. The second-order valence-corrected chi connectivity index (χ2v) is 7.43. The Balaban J connectivity index is 1.31. The molecule has 2 aromatic rings. The lowest BCUT2D eigenvalue weighted by Gasteiger charge is -2.35. The molecule has 25 heavy (non-hydrogen) atoms. The molecule has 1 amide bonds. The number of nitrogens with zero attached hydrogens (tertiary/aromatic N) is 3. The number of aromatic nitrogens is 4. The highest BCUT2D eigenvalue weighted by molar-refractivity contribution is 6.31. The van der Waals surface area contributed by atoms with E-state index in [-0.39, 0.29) is 30.0 Å². The van der Waals surface area contributed by atoms with Gasteiger partial charge in [0.15, 0.2) is 0 Å². The van der Waals surface area contributed by atoms with Gasteiger partial charge in [-0.25, -0.2) is 4.98 Å². The number of aryl methyl sites for hydroxylation is 1. The van der Waals surface area contributed by atoms with Crippen molar-refractivity contribution in [2.75, 3.05) is 0 Å². The molecule has 0 aromatic carbocycles. The number of carbonyl (C=O) groups excluding carboxylic acids is 1. The van der Waals surface area contributed by atoms with Crippen LogP contribution in [0, 0.1) is 6.92 Å². The Morgan fingerprint density at radius 3 is 2.80 bits per heavy atom. The lowest BCUT2D eigenvalue weighted by Crippen LogP contribution is -2.45. The molecule has 7 nitrogen and oxygen atoms in total. The molecule has 0 saturated heterocycles. The molecule has 2 aliphatic rings. The van der Waals surface area contributed by atoms with Crippen molar-refractivity contribution >= 4 is 17.5 Å². The maximum Gasteiger partial charge on any atom is 0.251 e. The van der Waals surface area contributed by atoms with Gasteiger partial charge in [0.25, 0.3) is 5.56 Å². The largest absolute Gasteiger partial charge is 0.352 e. The minimum absolute atomic E-state index is 0.0784. The molecular weight excluding hydrogens is 342 g/mol. The van der Waals surface area contributed by atoms with Gasteiger partial charge in [-0.3, -0.25) is 14.3 Å². The van der Waals surface area contributed by atoms with E-state index in [9.17, 15) is 9.59 Å². The van der Waals surface area contributed by atoms with E-state index in [0.717, 1.165) is 37.2 Å². The fraction of sp³-hybridized carbons (Fsp3) is 0.529. The van der Waals surface area contributed by atoms with Crippen molar-refractivity contribution in [2.45, 2.75) is 57.0 Å². The van der Waals surface area contributed by atoms with Crippen LogP contribution in [-0.2, 0) is 11.3 Å². The van der Waals surface area contributed by atoms with Gasteiger partial charge in [-0.05, 0) is 32.6 Å². The van der Waals surface area contributed by atoms with Gasteiger partial charge in [0.05, 0.1) is 16.4 Å². The van der Waals surface area contributed by atoms with Gasteiger partial charge in [-0.2, -0.15) is 5.10 Å². The standard InChI is InChI=1S/C17H20ClN5O2/c1-9-13(18)7-23(22-9)8-16(25)19-12-4-11(5-12)14-6-15(24)21-17(20-14)10-2-3-10/h6-7,10-12H,2-5,8H2,1H3,(H,19,25)(H,20,21,24). The van der Waals surface area contributed by atoms with E-state index in [1.807, 2.05) is 0 Å². The summed E-state index contributed by atoms with van der Waals surface area (Å²) in [5.74, 6) is 1.40. The summed E-state index contributed by atoms with van der Waals surface area (Å²) in [4.78, 5) is 31.3. The van der Waals surface area contributed by atoms with Gasteiger partial charge >= 0.3 is 0 Å². The number of H-pyrrole nitrogens is 1. The summed E-state index contributed by atoms with van der Waals surface area (Å²) in [5.41, 5.74) is 1.49. The Morgan fingerprint density at radius 1 is 1.40 bits per heavy atom. The number of aromatic amines is 1. The molecule has 132 valence electrons. The summed E-state index contributed by atoms with van der Waals surface area (Å²) in [5, 5.41) is 7.74. The number of hydrogen-bond donors (Lipinski definition) is 2. The van der Waals surface area contributed by atoms with Gasteiger partial charge in [0.1, 0.15) is 12.4 Å². The lowest BCUT2D eigenvalue weighted by molar-refractivity contribution is -0.123. The smallest absolute Gasteiger partial charge is 0.251 e. The summed E-state index contributed by atoms with van der Waals surface area (Å²) in [6, 6.07) is 1.71. The van der Waals surface area contributed by atoms with Crippen LogP contribution < -0.4 is 10.9 Å². The summed E-state index contributed by atoms with van der Waals surface area (Å²) >= 11 is 5.95. The highest BCUT2D eigenvalue weighted by Gasteiger charge is 2.34. The van der Waals surface area contributed by atoms with E-state index in [0.29, 0.717) is 16.6 Å². The number of amides is 1. The highest BCUT2D eigenvalue weighted by Crippen LogP contribution is 2.40. The van der Waals surface area contributed by atoms with Crippen molar-refractivity contribution in [1.82, 2.24) is 25.1 Å². The number of rotatable bonds is 5. The third-order valence-electron chi connectivity index (χ3n) is 4.86. The van der Waals surface area contributed by atoms with E-state index in [1.165, 1.54) is 0 Å². The predicted octanol–water partition coefficient (Wildman–Crippen LogP) is 1.87. The molecule has 4 rings (SSSR count). The Bertz CT molecular complexity index is 845. The second-order valence-electron chi connectivity index (χ2n) is 7.02. The number of nitrogens with one attached hydrogen (secondary N) is 2. The van der Waals surface area contributed by atoms with Crippen LogP contribution >= 0.6 is 11.6 Å². The van der Waals surface area contributed by atoms with Crippen molar-refractivity contribution in [3.8, 4) is 0 Å². The van der Waals surface area contributed by atoms with Gasteiger partial charge in [0.2, 0.25) is 5.91 Å². The Labute approximate surface area is 149 Å². The topological polar surface area (TPSA) is 92.7 Å².